The van der Waals surface area contributed by atoms with Crippen LogP contribution in [0, 0.1) is 0 Å². The molecule has 5 heteroatoms. The van der Waals surface area contributed by atoms with Crippen LogP contribution in [0.5, 0.6) is 11.5 Å². The topological polar surface area (TPSA) is 65.0 Å². The second-order valence-corrected chi connectivity index (χ2v) is 4.44. The lowest BCUT2D eigenvalue weighted by molar-refractivity contribution is -0.146. The lowest BCUT2D eigenvalue weighted by atomic mass is 10.1. The Hall–Kier alpha value is -1.75. The summed E-state index contributed by atoms with van der Waals surface area (Å²) in [6.07, 6.45) is 1.12. The van der Waals surface area contributed by atoms with E-state index in [9.17, 15) is 9.90 Å². The van der Waals surface area contributed by atoms with Gasteiger partial charge in [0.2, 0.25) is 0 Å². The molecule has 1 aromatic rings. The molecular weight excluding hydrogens is 260 g/mol. The molecular formula is C15H22O5. The standard InChI is InChI=1S/C15H22O5/c1-4-5-8-19-15(17)10-20-14-9-12(18-3)6-7-13(14)11(2)16/h6-7,9,11,16H,4-5,8,10H2,1-3H3. The Morgan fingerprint density at radius 3 is 2.75 bits per heavy atom. The molecule has 1 atom stereocenters. The molecule has 0 fully saturated rings. The van der Waals surface area contributed by atoms with Gasteiger partial charge in [-0.2, -0.15) is 0 Å². The van der Waals surface area contributed by atoms with E-state index in [1.165, 1.54) is 0 Å². The van der Waals surface area contributed by atoms with Crippen LogP contribution in [0.1, 0.15) is 38.4 Å². The van der Waals surface area contributed by atoms with Crippen LogP contribution < -0.4 is 9.47 Å². The maximum Gasteiger partial charge on any atom is 0.344 e. The summed E-state index contributed by atoms with van der Waals surface area (Å²) >= 11 is 0. The highest BCUT2D eigenvalue weighted by Gasteiger charge is 2.12. The van der Waals surface area contributed by atoms with Crippen LogP contribution in [-0.2, 0) is 9.53 Å². The number of ether oxygens (including phenoxy) is 3. The molecule has 0 aliphatic heterocycles. The van der Waals surface area contributed by atoms with E-state index in [0.717, 1.165) is 12.8 Å². The molecule has 0 saturated heterocycles. The number of esters is 1. The first kappa shape index (κ1) is 16.3. The zero-order valence-electron chi connectivity index (χ0n) is 12.2. The summed E-state index contributed by atoms with van der Waals surface area (Å²) < 4.78 is 15.5. The Bertz CT molecular complexity index is 428. The Kier molecular flexibility index (Phi) is 6.87. The Labute approximate surface area is 119 Å². The number of hydrogen-bond donors (Lipinski definition) is 1. The fourth-order valence-corrected chi connectivity index (χ4v) is 1.62. The van der Waals surface area contributed by atoms with Crippen LogP contribution in [0.3, 0.4) is 0 Å². The van der Waals surface area contributed by atoms with Crippen molar-refractivity contribution < 1.29 is 24.1 Å². The smallest absolute Gasteiger partial charge is 0.344 e. The van der Waals surface area contributed by atoms with E-state index < -0.39 is 12.1 Å². The summed E-state index contributed by atoms with van der Waals surface area (Å²) in [4.78, 5) is 11.5. The number of benzene rings is 1. The molecule has 20 heavy (non-hydrogen) atoms. The molecule has 0 aliphatic rings. The van der Waals surface area contributed by atoms with Crippen molar-refractivity contribution >= 4 is 5.97 Å². The second-order valence-electron chi connectivity index (χ2n) is 4.44. The third-order valence-corrected chi connectivity index (χ3v) is 2.78. The number of carbonyl (C=O) groups is 1. The van der Waals surface area contributed by atoms with E-state index in [0.29, 0.717) is 23.7 Å². The van der Waals surface area contributed by atoms with Gasteiger partial charge in [-0.05, 0) is 25.5 Å². The molecule has 1 aromatic carbocycles. The van der Waals surface area contributed by atoms with E-state index in [4.69, 9.17) is 14.2 Å². The summed E-state index contributed by atoms with van der Waals surface area (Å²) in [6.45, 7) is 3.88. The van der Waals surface area contributed by atoms with Crippen LogP contribution in [0.15, 0.2) is 18.2 Å². The molecule has 1 N–H and O–H groups in total. The second kappa shape index (κ2) is 8.43. The zero-order chi connectivity index (χ0) is 15.0. The quantitative estimate of drug-likeness (QED) is 0.586. The number of unbranched alkanes of at least 4 members (excludes halogenated alkanes) is 1. The maximum atomic E-state index is 11.5. The van der Waals surface area contributed by atoms with Crippen molar-refractivity contribution in [3.8, 4) is 11.5 Å². The molecule has 112 valence electrons. The number of hydrogen-bond acceptors (Lipinski definition) is 5. The van der Waals surface area contributed by atoms with E-state index in [2.05, 4.69) is 0 Å². The van der Waals surface area contributed by atoms with Gasteiger partial charge in [-0.3, -0.25) is 0 Å². The minimum atomic E-state index is -0.688. The summed E-state index contributed by atoms with van der Waals surface area (Å²) in [7, 11) is 1.54. The molecule has 1 rings (SSSR count). The number of carbonyl (C=O) groups excluding carboxylic acids is 1. The van der Waals surface area contributed by atoms with Crippen LogP contribution in [0.25, 0.3) is 0 Å². The largest absolute Gasteiger partial charge is 0.497 e. The summed E-state index contributed by atoms with van der Waals surface area (Å²) in [5.74, 6) is 0.605. The van der Waals surface area contributed by atoms with Crippen molar-refractivity contribution in [1.29, 1.82) is 0 Å². The Balaban J connectivity index is 2.63. The average Bonchev–Trinajstić information content (AvgIpc) is 2.44. The predicted octanol–water partition coefficient (Wildman–Crippen LogP) is 2.47. The van der Waals surface area contributed by atoms with Gasteiger partial charge in [-0.1, -0.05) is 13.3 Å². The predicted molar refractivity (Wildman–Crippen MR) is 75.0 cm³/mol. The van der Waals surface area contributed by atoms with Crippen molar-refractivity contribution in [1.82, 2.24) is 0 Å². The number of rotatable bonds is 8. The van der Waals surface area contributed by atoms with Gasteiger partial charge in [0.05, 0.1) is 19.8 Å². The lowest BCUT2D eigenvalue weighted by Crippen LogP contribution is -2.16. The van der Waals surface area contributed by atoms with Crippen molar-refractivity contribution in [2.45, 2.75) is 32.8 Å². The van der Waals surface area contributed by atoms with Crippen LogP contribution in [0.4, 0.5) is 0 Å². The molecule has 5 nitrogen and oxygen atoms in total. The first-order chi connectivity index (χ1) is 9.58. The highest BCUT2D eigenvalue weighted by molar-refractivity contribution is 5.71. The molecule has 1 unspecified atom stereocenters. The summed E-state index contributed by atoms with van der Waals surface area (Å²) in [5.41, 5.74) is 0.604. The van der Waals surface area contributed by atoms with E-state index >= 15 is 0 Å². The molecule has 0 radical (unpaired) electrons. The van der Waals surface area contributed by atoms with Crippen molar-refractivity contribution in [2.75, 3.05) is 20.3 Å². The van der Waals surface area contributed by atoms with Gasteiger partial charge in [-0.25, -0.2) is 4.79 Å². The van der Waals surface area contributed by atoms with E-state index in [-0.39, 0.29) is 6.61 Å². The number of aliphatic hydroxyl groups excluding tert-OH is 1. The highest BCUT2D eigenvalue weighted by atomic mass is 16.6. The maximum absolute atomic E-state index is 11.5. The minimum Gasteiger partial charge on any atom is -0.497 e. The van der Waals surface area contributed by atoms with Crippen molar-refractivity contribution in [2.24, 2.45) is 0 Å². The van der Waals surface area contributed by atoms with Crippen LogP contribution >= 0.6 is 0 Å². The normalized spacial score (nSPS) is 11.8. The Morgan fingerprint density at radius 2 is 2.15 bits per heavy atom. The lowest BCUT2D eigenvalue weighted by Gasteiger charge is -2.14. The minimum absolute atomic E-state index is 0.184. The molecule has 0 amide bonds. The van der Waals surface area contributed by atoms with Gasteiger partial charge in [0.1, 0.15) is 11.5 Å². The number of methoxy groups -OCH3 is 1. The SMILES string of the molecule is CCCCOC(=O)COc1cc(OC)ccc1C(C)O. The van der Waals surface area contributed by atoms with Crippen LogP contribution in [-0.4, -0.2) is 31.4 Å². The van der Waals surface area contributed by atoms with Gasteiger partial charge < -0.3 is 19.3 Å². The van der Waals surface area contributed by atoms with Crippen LogP contribution in [0.2, 0.25) is 0 Å². The molecule has 0 bridgehead atoms. The summed E-state index contributed by atoms with van der Waals surface area (Å²) in [5, 5.41) is 9.67. The number of aliphatic hydroxyl groups is 1. The molecule has 0 aliphatic carbocycles. The average molecular weight is 282 g/mol. The molecule has 0 heterocycles. The molecule has 0 aromatic heterocycles. The fourth-order valence-electron chi connectivity index (χ4n) is 1.62. The van der Waals surface area contributed by atoms with E-state index in [1.807, 2.05) is 6.92 Å². The van der Waals surface area contributed by atoms with Crippen molar-refractivity contribution in [3.05, 3.63) is 23.8 Å². The first-order valence-corrected chi connectivity index (χ1v) is 6.73. The van der Waals surface area contributed by atoms with Gasteiger partial charge >= 0.3 is 5.97 Å². The van der Waals surface area contributed by atoms with Gasteiger partial charge in [-0.15, -0.1) is 0 Å². The van der Waals surface area contributed by atoms with Crippen molar-refractivity contribution in [3.63, 3.8) is 0 Å². The third-order valence-electron chi connectivity index (χ3n) is 2.78. The summed E-state index contributed by atoms with van der Waals surface area (Å²) in [6, 6.07) is 5.08. The third kappa shape index (κ3) is 5.09. The van der Waals surface area contributed by atoms with E-state index in [1.54, 1.807) is 32.2 Å². The Morgan fingerprint density at radius 1 is 1.40 bits per heavy atom. The van der Waals surface area contributed by atoms with Gasteiger partial charge in [0.25, 0.3) is 0 Å². The fraction of sp³-hybridized carbons (Fsp3) is 0.533. The van der Waals surface area contributed by atoms with Gasteiger partial charge in [0, 0.05) is 11.6 Å². The monoisotopic (exact) mass is 282 g/mol. The highest BCUT2D eigenvalue weighted by Crippen LogP contribution is 2.29. The molecule has 0 saturated carbocycles. The first-order valence-electron chi connectivity index (χ1n) is 6.73. The molecule has 0 spiro atoms. The van der Waals surface area contributed by atoms with Gasteiger partial charge in [0.15, 0.2) is 6.61 Å². The zero-order valence-corrected chi connectivity index (χ0v) is 12.2.